The second-order valence-electron chi connectivity index (χ2n) is 4.38. The number of benzene rings is 1. The van der Waals surface area contributed by atoms with Crippen LogP contribution in [0.1, 0.15) is 24.2 Å². The summed E-state index contributed by atoms with van der Waals surface area (Å²) in [5.74, 6) is 0.426. The first-order valence-electron chi connectivity index (χ1n) is 6.28. The van der Waals surface area contributed by atoms with Crippen molar-refractivity contribution in [2.24, 2.45) is 5.92 Å². The van der Waals surface area contributed by atoms with Gasteiger partial charge >= 0.3 is 0 Å². The lowest BCUT2D eigenvalue weighted by atomic mass is 10.1. The van der Waals surface area contributed by atoms with E-state index in [1.165, 1.54) is 0 Å². The zero-order valence-electron chi connectivity index (χ0n) is 11.3. The van der Waals surface area contributed by atoms with Gasteiger partial charge in [0.05, 0.1) is 6.61 Å². The fourth-order valence-corrected chi connectivity index (χ4v) is 1.64. The Morgan fingerprint density at radius 3 is 2.56 bits per heavy atom. The molecule has 0 aromatic heterocycles. The minimum atomic E-state index is -0.0307. The van der Waals surface area contributed by atoms with Crippen LogP contribution in [-0.2, 0) is 4.74 Å². The van der Waals surface area contributed by atoms with E-state index in [1.807, 2.05) is 31.2 Å². The zero-order chi connectivity index (χ0) is 13.4. The van der Waals surface area contributed by atoms with Crippen molar-refractivity contribution in [2.75, 3.05) is 32.1 Å². The molecule has 1 atom stereocenters. The number of amides is 1. The van der Waals surface area contributed by atoms with E-state index < -0.39 is 0 Å². The second kappa shape index (κ2) is 7.71. The third kappa shape index (κ3) is 4.75. The van der Waals surface area contributed by atoms with Crippen LogP contribution in [0.5, 0.6) is 0 Å². The van der Waals surface area contributed by atoms with Crippen molar-refractivity contribution in [1.82, 2.24) is 5.32 Å². The van der Waals surface area contributed by atoms with Crippen molar-refractivity contribution in [3.63, 3.8) is 0 Å². The summed E-state index contributed by atoms with van der Waals surface area (Å²) in [4.78, 5) is 11.6. The van der Waals surface area contributed by atoms with Crippen LogP contribution in [0.25, 0.3) is 0 Å². The van der Waals surface area contributed by atoms with E-state index in [9.17, 15) is 4.79 Å². The molecular weight excluding hydrogens is 228 g/mol. The Morgan fingerprint density at radius 2 is 2.00 bits per heavy atom. The highest BCUT2D eigenvalue weighted by atomic mass is 16.5. The fraction of sp³-hybridized carbons (Fsp3) is 0.500. The van der Waals surface area contributed by atoms with Crippen LogP contribution in [0.3, 0.4) is 0 Å². The molecule has 0 bridgehead atoms. The van der Waals surface area contributed by atoms with E-state index in [0.717, 1.165) is 18.8 Å². The summed E-state index contributed by atoms with van der Waals surface area (Å²) in [5.41, 5.74) is 1.71. The summed E-state index contributed by atoms with van der Waals surface area (Å²) in [6, 6.07) is 7.50. The number of methoxy groups -OCH3 is 1. The highest BCUT2D eigenvalue weighted by molar-refractivity contribution is 5.94. The van der Waals surface area contributed by atoms with Crippen LogP contribution in [0.15, 0.2) is 24.3 Å². The number of anilines is 1. The van der Waals surface area contributed by atoms with E-state index in [-0.39, 0.29) is 5.91 Å². The van der Waals surface area contributed by atoms with E-state index in [0.29, 0.717) is 18.0 Å². The molecule has 100 valence electrons. The summed E-state index contributed by atoms with van der Waals surface area (Å²) >= 11 is 0. The second-order valence-corrected chi connectivity index (χ2v) is 4.38. The summed E-state index contributed by atoms with van der Waals surface area (Å²) < 4.78 is 5.08. The minimum absolute atomic E-state index is 0.0307. The lowest BCUT2D eigenvalue weighted by Gasteiger charge is -2.12. The van der Waals surface area contributed by atoms with Gasteiger partial charge in [-0.25, -0.2) is 0 Å². The lowest BCUT2D eigenvalue weighted by Crippen LogP contribution is -2.22. The number of carbonyl (C=O) groups is 1. The lowest BCUT2D eigenvalue weighted by molar-refractivity contribution is 0.0956. The molecule has 1 unspecified atom stereocenters. The van der Waals surface area contributed by atoms with E-state index in [1.54, 1.807) is 7.11 Å². The number of rotatable bonds is 7. The van der Waals surface area contributed by atoms with Gasteiger partial charge in [-0.1, -0.05) is 6.92 Å². The first-order chi connectivity index (χ1) is 8.67. The number of hydrogen-bond donors (Lipinski definition) is 2. The number of hydrogen-bond acceptors (Lipinski definition) is 3. The molecule has 4 nitrogen and oxygen atoms in total. The Hall–Kier alpha value is -1.55. The zero-order valence-corrected chi connectivity index (χ0v) is 11.3. The molecule has 0 aliphatic rings. The van der Waals surface area contributed by atoms with Gasteiger partial charge < -0.3 is 15.4 Å². The third-order valence-corrected chi connectivity index (χ3v) is 2.59. The van der Waals surface area contributed by atoms with Crippen LogP contribution in [0.4, 0.5) is 5.69 Å². The Bertz CT molecular complexity index is 363. The molecule has 0 aliphatic carbocycles. The van der Waals surface area contributed by atoms with Gasteiger partial charge in [-0.3, -0.25) is 4.79 Å². The smallest absolute Gasteiger partial charge is 0.251 e. The van der Waals surface area contributed by atoms with Gasteiger partial charge in [0.2, 0.25) is 0 Å². The van der Waals surface area contributed by atoms with E-state index >= 15 is 0 Å². The summed E-state index contributed by atoms with van der Waals surface area (Å²) in [5, 5.41) is 6.09. The maximum Gasteiger partial charge on any atom is 0.251 e. The van der Waals surface area contributed by atoms with Crippen molar-refractivity contribution >= 4 is 11.6 Å². The third-order valence-electron chi connectivity index (χ3n) is 2.59. The van der Waals surface area contributed by atoms with Crippen LogP contribution in [-0.4, -0.2) is 32.7 Å². The molecule has 0 fully saturated rings. The van der Waals surface area contributed by atoms with Gasteiger partial charge in [-0.15, -0.1) is 0 Å². The van der Waals surface area contributed by atoms with Gasteiger partial charge in [-0.05, 0) is 37.1 Å². The molecule has 0 spiro atoms. The van der Waals surface area contributed by atoms with Gasteiger partial charge in [0.25, 0.3) is 5.91 Å². The average Bonchev–Trinajstić information content (AvgIpc) is 2.37. The normalized spacial score (nSPS) is 11.9. The Kier molecular flexibility index (Phi) is 6.22. The van der Waals surface area contributed by atoms with E-state index in [2.05, 4.69) is 17.6 Å². The van der Waals surface area contributed by atoms with Gasteiger partial charge in [0.1, 0.15) is 0 Å². The Labute approximate surface area is 109 Å². The van der Waals surface area contributed by atoms with Crippen LogP contribution >= 0.6 is 0 Å². The van der Waals surface area contributed by atoms with Crippen molar-refractivity contribution in [3.8, 4) is 0 Å². The summed E-state index contributed by atoms with van der Waals surface area (Å²) in [6.07, 6.45) is 0. The summed E-state index contributed by atoms with van der Waals surface area (Å²) in [7, 11) is 1.71. The van der Waals surface area contributed by atoms with Crippen LogP contribution in [0.2, 0.25) is 0 Å². The van der Waals surface area contributed by atoms with Gasteiger partial charge in [-0.2, -0.15) is 0 Å². The van der Waals surface area contributed by atoms with Crippen LogP contribution < -0.4 is 10.6 Å². The summed E-state index contributed by atoms with van der Waals surface area (Å²) in [6.45, 7) is 6.27. The first-order valence-corrected chi connectivity index (χ1v) is 6.28. The molecule has 18 heavy (non-hydrogen) atoms. The van der Waals surface area contributed by atoms with Crippen molar-refractivity contribution in [1.29, 1.82) is 0 Å². The first kappa shape index (κ1) is 14.5. The van der Waals surface area contributed by atoms with Crippen molar-refractivity contribution in [3.05, 3.63) is 29.8 Å². The molecule has 1 aromatic carbocycles. The predicted molar refractivity (Wildman–Crippen MR) is 74.0 cm³/mol. The molecule has 0 aliphatic heterocycles. The molecule has 0 saturated heterocycles. The van der Waals surface area contributed by atoms with Crippen molar-refractivity contribution < 1.29 is 9.53 Å². The minimum Gasteiger partial charge on any atom is -0.385 e. The molecule has 2 N–H and O–H groups in total. The Morgan fingerprint density at radius 1 is 1.33 bits per heavy atom. The molecule has 0 radical (unpaired) electrons. The number of carbonyl (C=O) groups excluding carboxylic acids is 1. The maximum atomic E-state index is 11.6. The SMILES string of the molecule is CCNC(=O)c1ccc(NCC(C)COC)cc1. The topological polar surface area (TPSA) is 50.4 Å². The monoisotopic (exact) mass is 250 g/mol. The highest BCUT2D eigenvalue weighted by Gasteiger charge is 2.04. The molecular formula is C14H22N2O2. The molecule has 1 amide bonds. The molecule has 0 heterocycles. The molecule has 1 aromatic rings. The largest absolute Gasteiger partial charge is 0.385 e. The Balaban J connectivity index is 2.47. The number of ether oxygens (including phenoxy) is 1. The van der Waals surface area contributed by atoms with Gasteiger partial charge in [0, 0.05) is 31.5 Å². The molecule has 0 saturated carbocycles. The standard InChI is InChI=1S/C14H22N2O2/c1-4-15-14(17)12-5-7-13(8-6-12)16-9-11(2)10-18-3/h5-8,11,16H,4,9-10H2,1-3H3,(H,15,17). The van der Waals surface area contributed by atoms with E-state index in [4.69, 9.17) is 4.74 Å². The van der Waals surface area contributed by atoms with Crippen molar-refractivity contribution in [2.45, 2.75) is 13.8 Å². The molecule has 1 rings (SSSR count). The highest BCUT2D eigenvalue weighted by Crippen LogP contribution is 2.10. The number of nitrogens with one attached hydrogen (secondary N) is 2. The van der Waals surface area contributed by atoms with Gasteiger partial charge in [0.15, 0.2) is 0 Å². The maximum absolute atomic E-state index is 11.6. The quantitative estimate of drug-likeness (QED) is 0.779. The average molecular weight is 250 g/mol. The molecule has 4 heteroatoms. The van der Waals surface area contributed by atoms with Crippen LogP contribution in [0, 0.1) is 5.92 Å². The fourth-order valence-electron chi connectivity index (χ4n) is 1.64. The predicted octanol–water partition coefficient (Wildman–Crippen LogP) is 2.13.